The average molecular weight is 612 g/mol. The molecule has 0 aromatic rings. The molecule has 1 unspecified atom stereocenters. The number of aliphatic hydroxyl groups is 7. The molecule has 42 heavy (non-hydrogen) atoms. The number of carbonyl (C=O) groups is 1. The van der Waals surface area contributed by atoms with Crippen molar-refractivity contribution < 1.29 is 59.5 Å². The van der Waals surface area contributed by atoms with Crippen molar-refractivity contribution in [1.29, 1.82) is 5.41 Å². The summed E-state index contributed by atoms with van der Waals surface area (Å²) in [5.41, 5.74) is 29.1. The number of aliphatic hydroxyl groups excluding tert-OH is 7. The highest BCUT2D eigenvalue weighted by Crippen LogP contribution is 2.31. The fourth-order valence-electron chi connectivity index (χ4n) is 5.25. The van der Waals surface area contributed by atoms with Gasteiger partial charge in [-0.25, -0.2) is 0 Å². The zero-order valence-electron chi connectivity index (χ0n) is 22.8. The first-order chi connectivity index (χ1) is 19.7. The standard InChI is InChI=1S/C23H45N7O12/c24-4-9-15(34)16(35)13(29)22(39-9)41-19-6(25)3-7(30-21(38)8(32)1-2-11(26)27)20(18(19)37)42-23-17(36)12(28)14(33)10(5-31)40-23/h6-10,12-20,22-23,31-37H,1-5,24-25,28-29H2,(H3,26,27)(H,30,38)/t6-,7+,8?,9+,10+,12-,13+,14+,15+,16+,17+,18-,19+,20-,22+,23+/m0/s1. The average Bonchev–Trinajstić information content (AvgIpc) is 2.95. The molecule has 3 fully saturated rings. The first-order valence-electron chi connectivity index (χ1n) is 13.6. The lowest BCUT2D eigenvalue weighted by Crippen LogP contribution is -2.70. The van der Waals surface area contributed by atoms with Crippen LogP contribution in [0.2, 0.25) is 0 Å². The molecule has 1 saturated carbocycles. The minimum absolute atomic E-state index is 0.0614. The van der Waals surface area contributed by atoms with Gasteiger partial charge in [-0.2, -0.15) is 0 Å². The Morgan fingerprint density at radius 1 is 0.905 bits per heavy atom. The van der Waals surface area contributed by atoms with E-state index in [0.29, 0.717) is 0 Å². The van der Waals surface area contributed by atoms with Crippen LogP contribution in [-0.2, 0) is 23.7 Å². The van der Waals surface area contributed by atoms with E-state index >= 15 is 0 Å². The molecular formula is C23H45N7O12. The van der Waals surface area contributed by atoms with Crippen LogP contribution in [0.15, 0.2) is 0 Å². The van der Waals surface area contributed by atoms with E-state index in [-0.39, 0.29) is 31.6 Å². The number of rotatable bonds is 11. The third-order valence-electron chi connectivity index (χ3n) is 7.84. The maximum Gasteiger partial charge on any atom is 0.249 e. The van der Waals surface area contributed by atoms with Crippen LogP contribution >= 0.6 is 0 Å². The molecule has 19 heteroatoms. The molecule has 0 radical (unpaired) electrons. The van der Waals surface area contributed by atoms with Gasteiger partial charge in [-0.1, -0.05) is 0 Å². The van der Waals surface area contributed by atoms with E-state index in [1.807, 2.05) is 0 Å². The molecular weight excluding hydrogens is 566 g/mol. The van der Waals surface area contributed by atoms with Crippen molar-refractivity contribution in [2.24, 2.45) is 28.7 Å². The summed E-state index contributed by atoms with van der Waals surface area (Å²) in [5.74, 6) is -1.13. The summed E-state index contributed by atoms with van der Waals surface area (Å²) >= 11 is 0. The largest absolute Gasteiger partial charge is 0.394 e. The number of hydrogen-bond acceptors (Lipinski definition) is 17. The number of nitrogens with two attached hydrogens (primary N) is 5. The number of nitrogens with one attached hydrogen (secondary N) is 2. The highest BCUT2D eigenvalue weighted by Gasteiger charge is 2.52. The Kier molecular flexibility index (Phi) is 12.3. The molecule has 2 aliphatic heterocycles. The van der Waals surface area contributed by atoms with Crippen LogP contribution in [0.5, 0.6) is 0 Å². The molecule has 0 spiro atoms. The molecule has 19 N–H and O–H groups in total. The molecule has 3 aliphatic rings. The molecule has 0 aromatic heterocycles. The summed E-state index contributed by atoms with van der Waals surface area (Å²) < 4.78 is 22.8. The monoisotopic (exact) mass is 611 g/mol. The van der Waals surface area contributed by atoms with E-state index in [9.17, 15) is 40.5 Å². The predicted octanol–water partition coefficient (Wildman–Crippen LogP) is -8.09. The van der Waals surface area contributed by atoms with Gasteiger partial charge in [0.25, 0.3) is 0 Å². The number of amides is 1. The molecule has 3 rings (SSSR count). The van der Waals surface area contributed by atoms with Crippen molar-refractivity contribution in [2.45, 2.75) is 117 Å². The zero-order valence-corrected chi connectivity index (χ0v) is 22.8. The third kappa shape index (κ3) is 7.70. The molecule has 0 bridgehead atoms. The van der Waals surface area contributed by atoms with Crippen LogP contribution in [-0.4, -0.2) is 158 Å². The quantitative estimate of drug-likeness (QED) is 0.0761. The minimum atomic E-state index is -1.70. The highest BCUT2D eigenvalue weighted by atomic mass is 16.7. The molecule has 2 saturated heterocycles. The van der Waals surface area contributed by atoms with Gasteiger partial charge in [0.05, 0.1) is 30.6 Å². The first-order valence-corrected chi connectivity index (χ1v) is 13.6. The van der Waals surface area contributed by atoms with Crippen LogP contribution in [0.4, 0.5) is 0 Å². The number of ether oxygens (including phenoxy) is 4. The van der Waals surface area contributed by atoms with Crippen molar-refractivity contribution >= 4 is 11.7 Å². The van der Waals surface area contributed by atoms with Gasteiger partial charge < -0.3 is 88.7 Å². The van der Waals surface area contributed by atoms with Crippen molar-refractivity contribution in [3.63, 3.8) is 0 Å². The van der Waals surface area contributed by atoms with Crippen molar-refractivity contribution in [2.75, 3.05) is 13.2 Å². The summed E-state index contributed by atoms with van der Waals surface area (Å²) in [4.78, 5) is 12.8. The summed E-state index contributed by atoms with van der Waals surface area (Å²) in [6.07, 6.45) is -17.7. The second kappa shape index (κ2) is 14.9. The van der Waals surface area contributed by atoms with Gasteiger partial charge in [-0.3, -0.25) is 10.2 Å². The highest BCUT2D eigenvalue weighted by molar-refractivity contribution is 5.82. The van der Waals surface area contributed by atoms with Gasteiger partial charge in [0.1, 0.15) is 61.0 Å². The Hall–Kier alpha value is -1.66. The van der Waals surface area contributed by atoms with Crippen LogP contribution < -0.4 is 34.0 Å². The Morgan fingerprint density at radius 3 is 2.12 bits per heavy atom. The van der Waals surface area contributed by atoms with Crippen LogP contribution in [0.25, 0.3) is 0 Å². The number of carbonyl (C=O) groups excluding carboxylic acids is 1. The summed E-state index contributed by atoms with van der Waals surface area (Å²) in [6.45, 7) is -0.869. The maximum atomic E-state index is 12.8. The predicted molar refractivity (Wildman–Crippen MR) is 141 cm³/mol. The van der Waals surface area contributed by atoms with E-state index < -0.39 is 110 Å². The van der Waals surface area contributed by atoms with E-state index in [1.54, 1.807) is 0 Å². The molecule has 244 valence electrons. The van der Waals surface area contributed by atoms with Gasteiger partial charge in [0.2, 0.25) is 5.91 Å². The van der Waals surface area contributed by atoms with Gasteiger partial charge in [-0.15, -0.1) is 0 Å². The van der Waals surface area contributed by atoms with E-state index in [1.165, 1.54) is 0 Å². The lowest BCUT2D eigenvalue weighted by atomic mass is 9.83. The third-order valence-corrected chi connectivity index (χ3v) is 7.84. The van der Waals surface area contributed by atoms with E-state index in [2.05, 4.69) is 5.32 Å². The second-order valence-electron chi connectivity index (χ2n) is 10.9. The SMILES string of the molecule is N=C(N)CCC(O)C(=O)N[C@@H]1C[C@H](N)[C@@H](O[C@H]2O[C@H](CN)[C@@H](O)[C@H](O)[C@H]2N)[C@H](O)[C@H]1O[C@H]1O[C@H](CO)[C@@H](O)[C@H](N)[C@H]1O. The lowest BCUT2D eigenvalue weighted by molar-refractivity contribution is -0.319. The van der Waals surface area contributed by atoms with Crippen LogP contribution in [0, 0.1) is 5.41 Å². The maximum absolute atomic E-state index is 12.8. The van der Waals surface area contributed by atoms with Crippen LogP contribution in [0.3, 0.4) is 0 Å². The smallest absolute Gasteiger partial charge is 0.249 e. The van der Waals surface area contributed by atoms with Crippen molar-refractivity contribution in [3.8, 4) is 0 Å². The number of amidine groups is 1. The van der Waals surface area contributed by atoms with Crippen LogP contribution in [0.1, 0.15) is 19.3 Å². The fourth-order valence-corrected chi connectivity index (χ4v) is 5.25. The summed E-state index contributed by atoms with van der Waals surface area (Å²) in [5, 5.41) is 82.4. The van der Waals surface area contributed by atoms with Gasteiger partial charge in [0, 0.05) is 19.0 Å². The minimum Gasteiger partial charge on any atom is -0.394 e. The normalized spacial score (nSPS) is 45.3. The zero-order chi connectivity index (χ0) is 31.5. The molecule has 0 aromatic carbocycles. The van der Waals surface area contributed by atoms with Crippen molar-refractivity contribution in [3.05, 3.63) is 0 Å². The Bertz CT molecular complexity index is 906. The number of hydrogen-bond donors (Lipinski definition) is 14. The fraction of sp³-hybridized carbons (Fsp3) is 0.913. The first kappa shape index (κ1) is 34.8. The topological polar surface area (TPSA) is 362 Å². The van der Waals surface area contributed by atoms with Gasteiger partial charge in [-0.05, 0) is 12.8 Å². The van der Waals surface area contributed by atoms with Crippen molar-refractivity contribution in [1.82, 2.24) is 5.32 Å². The Morgan fingerprint density at radius 2 is 1.52 bits per heavy atom. The molecule has 16 atom stereocenters. The molecule has 19 nitrogen and oxygen atoms in total. The summed E-state index contributed by atoms with van der Waals surface area (Å²) in [6, 6.07) is -4.73. The lowest BCUT2D eigenvalue weighted by Gasteiger charge is -2.49. The Balaban J connectivity index is 1.84. The molecule has 1 aliphatic carbocycles. The van der Waals surface area contributed by atoms with Gasteiger partial charge in [0.15, 0.2) is 12.6 Å². The molecule has 2 heterocycles. The second-order valence-corrected chi connectivity index (χ2v) is 10.9. The Labute approximate surface area is 241 Å². The van der Waals surface area contributed by atoms with E-state index in [0.717, 1.165) is 0 Å². The van der Waals surface area contributed by atoms with E-state index in [4.69, 9.17) is 53.0 Å². The summed E-state index contributed by atoms with van der Waals surface area (Å²) in [7, 11) is 0. The molecule has 1 amide bonds. The van der Waals surface area contributed by atoms with Gasteiger partial charge >= 0.3 is 0 Å².